The van der Waals surface area contributed by atoms with Gasteiger partial charge in [-0.25, -0.2) is 0 Å². The van der Waals surface area contributed by atoms with Crippen molar-refractivity contribution in [2.24, 2.45) is 0 Å². The van der Waals surface area contributed by atoms with Gasteiger partial charge in [-0.3, -0.25) is 0 Å². The summed E-state index contributed by atoms with van der Waals surface area (Å²) < 4.78 is 37.1. The van der Waals surface area contributed by atoms with Gasteiger partial charge in [-0.05, 0) is 0 Å². The van der Waals surface area contributed by atoms with Crippen LogP contribution in [-0.2, 0) is 6.18 Å². The first-order valence-corrected chi connectivity index (χ1v) is 8.63. The first-order chi connectivity index (χ1) is 5.54. The normalized spacial score (nSPS) is 11.7. The molecule has 0 aliphatic rings. The Labute approximate surface area is 81.1 Å². The second-order valence-electron chi connectivity index (χ2n) is 2.12. The zero-order chi connectivity index (χ0) is 9.19. The van der Waals surface area contributed by atoms with E-state index in [1.165, 1.54) is 12.1 Å². The summed E-state index contributed by atoms with van der Waals surface area (Å²) in [7, 11) is 0. The summed E-state index contributed by atoms with van der Waals surface area (Å²) in [5, 5.41) is 0. The Morgan fingerprint density at radius 3 is 2.42 bits per heavy atom. The summed E-state index contributed by atoms with van der Waals surface area (Å²) in [4.78, 5) is 0. The maximum atomic E-state index is 12.1. The van der Waals surface area contributed by atoms with Gasteiger partial charge in [0.2, 0.25) is 0 Å². The molecule has 0 N–H and O–H groups in total. The molecule has 0 nitrogen and oxygen atoms in total. The predicted octanol–water partition coefficient (Wildman–Crippen LogP) is 0.851. The Kier molecular flexibility index (Phi) is 3.24. The van der Waals surface area contributed by atoms with Crippen molar-refractivity contribution in [3.63, 3.8) is 0 Å². The van der Waals surface area contributed by atoms with Crippen LogP contribution in [0.3, 0.4) is 0 Å². The first kappa shape index (κ1) is 10.1. The summed E-state index contributed by atoms with van der Waals surface area (Å²) in [5.41, 5.74) is -0.562. The molecule has 0 fully saturated rings. The molecular formula is C7H5F3Se2. The average molecular weight is 304 g/mol. The van der Waals surface area contributed by atoms with Crippen LogP contribution in [0.25, 0.3) is 0 Å². The van der Waals surface area contributed by atoms with Crippen LogP contribution in [0.2, 0.25) is 0 Å². The molecule has 0 saturated carbocycles. The van der Waals surface area contributed by atoms with Gasteiger partial charge in [0.15, 0.2) is 0 Å². The molecule has 0 aliphatic heterocycles. The van der Waals surface area contributed by atoms with Crippen molar-refractivity contribution in [2.75, 3.05) is 0 Å². The third-order valence-corrected chi connectivity index (χ3v) is 4.54. The molecule has 0 spiro atoms. The van der Waals surface area contributed by atoms with Gasteiger partial charge in [-0.2, -0.15) is 0 Å². The van der Waals surface area contributed by atoms with E-state index < -0.39 is 11.7 Å². The third kappa shape index (κ3) is 2.53. The minimum absolute atomic E-state index is 0.0637. The number of benzene rings is 1. The topological polar surface area (TPSA) is 0 Å². The zero-order valence-electron chi connectivity index (χ0n) is 5.80. The van der Waals surface area contributed by atoms with Crippen molar-refractivity contribution in [3.8, 4) is 0 Å². The quantitative estimate of drug-likeness (QED) is 0.675. The first-order valence-electron chi connectivity index (χ1n) is 3.03. The van der Waals surface area contributed by atoms with Crippen LogP contribution < -0.4 is 4.46 Å². The summed E-state index contributed by atoms with van der Waals surface area (Å²) in [6.45, 7) is 0. The van der Waals surface area contributed by atoms with Gasteiger partial charge in [0.05, 0.1) is 0 Å². The summed E-state index contributed by atoms with van der Waals surface area (Å²) in [5.74, 6) is 0. The summed E-state index contributed by atoms with van der Waals surface area (Å²) in [6.07, 6.45) is -4.21. The van der Waals surface area contributed by atoms with Crippen molar-refractivity contribution >= 4 is 31.8 Å². The fourth-order valence-electron chi connectivity index (χ4n) is 0.729. The van der Waals surface area contributed by atoms with Crippen LogP contribution >= 0.6 is 0 Å². The van der Waals surface area contributed by atoms with Crippen molar-refractivity contribution in [1.82, 2.24) is 0 Å². The molecule has 0 heterocycles. The molecule has 0 amide bonds. The van der Waals surface area contributed by atoms with E-state index >= 15 is 0 Å². The number of alkyl halides is 3. The van der Waals surface area contributed by atoms with Crippen molar-refractivity contribution < 1.29 is 13.2 Å². The molecule has 0 bridgehead atoms. The van der Waals surface area contributed by atoms with Crippen LogP contribution in [0.15, 0.2) is 24.3 Å². The molecule has 12 heavy (non-hydrogen) atoms. The third-order valence-electron chi connectivity index (χ3n) is 1.27. The van der Waals surface area contributed by atoms with E-state index in [0.717, 1.165) is 10.5 Å². The summed E-state index contributed by atoms with van der Waals surface area (Å²) in [6, 6.07) is 5.42. The minimum atomic E-state index is -4.21. The molecule has 0 aromatic heterocycles. The van der Waals surface area contributed by atoms with Gasteiger partial charge in [-0.15, -0.1) is 0 Å². The van der Waals surface area contributed by atoms with Gasteiger partial charge in [-0.1, -0.05) is 0 Å². The molecule has 5 heteroatoms. The van der Waals surface area contributed by atoms with Crippen molar-refractivity contribution in [2.45, 2.75) is 6.18 Å². The van der Waals surface area contributed by atoms with Gasteiger partial charge in [0.25, 0.3) is 0 Å². The SMILES string of the molecule is FC(F)(F)c1cccc([Se][SeH])c1. The van der Waals surface area contributed by atoms with Gasteiger partial charge in [0.1, 0.15) is 0 Å². The Hall–Kier alpha value is 0.0490. The van der Waals surface area contributed by atoms with Crippen LogP contribution in [-0.4, -0.2) is 27.3 Å². The van der Waals surface area contributed by atoms with Gasteiger partial charge >= 0.3 is 81.0 Å². The molecular weight excluding hydrogens is 299 g/mol. The molecule has 0 aliphatic carbocycles. The van der Waals surface area contributed by atoms with E-state index in [4.69, 9.17) is 0 Å². The predicted molar refractivity (Wildman–Crippen MR) is 44.0 cm³/mol. The Morgan fingerprint density at radius 2 is 1.92 bits per heavy atom. The van der Waals surface area contributed by atoms with Gasteiger partial charge in [0, 0.05) is 0 Å². The summed E-state index contributed by atoms with van der Waals surface area (Å²) >= 11 is 2.38. The molecule has 0 unspecified atom stereocenters. The van der Waals surface area contributed by atoms with E-state index in [0.29, 0.717) is 0 Å². The van der Waals surface area contributed by atoms with Crippen LogP contribution in [0.1, 0.15) is 5.56 Å². The fourth-order valence-corrected chi connectivity index (χ4v) is 2.64. The Bertz CT molecular complexity index is 270. The second-order valence-corrected chi connectivity index (χ2v) is 5.48. The Morgan fingerprint density at radius 1 is 1.25 bits per heavy atom. The Balaban J connectivity index is 3.02. The van der Waals surface area contributed by atoms with E-state index in [1.807, 2.05) is 0 Å². The molecule has 0 radical (unpaired) electrons. The van der Waals surface area contributed by atoms with Crippen molar-refractivity contribution in [3.05, 3.63) is 29.8 Å². The van der Waals surface area contributed by atoms with E-state index in [-0.39, 0.29) is 13.1 Å². The molecule has 1 rings (SSSR count). The number of hydrogen-bond donors (Lipinski definition) is 0. The molecule has 0 saturated heterocycles. The van der Waals surface area contributed by atoms with Crippen LogP contribution in [0.5, 0.6) is 0 Å². The molecule has 0 atom stereocenters. The number of hydrogen-bond acceptors (Lipinski definition) is 0. The molecule has 1 aromatic rings. The van der Waals surface area contributed by atoms with Crippen LogP contribution in [0.4, 0.5) is 13.2 Å². The van der Waals surface area contributed by atoms with Gasteiger partial charge < -0.3 is 0 Å². The fraction of sp³-hybridized carbons (Fsp3) is 0.143. The number of rotatable bonds is 1. The number of halogens is 3. The second kappa shape index (κ2) is 3.84. The van der Waals surface area contributed by atoms with E-state index in [2.05, 4.69) is 14.2 Å². The van der Waals surface area contributed by atoms with E-state index in [1.54, 1.807) is 6.07 Å². The van der Waals surface area contributed by atoms with E-state index in [9.17, 15) is 13.2 Å². The molecule has 1 aromatic carbocycles. The average Bonchev–Trinajstić information content (AvgIpc) is 2.03. The van der Waals surface area contributed by atoms with Crippen LogP contribution in [0, 0.1) is 0 Å². The monoisotopic (exact) mass is 306 g/mol. The van der Waals surface area contributed by atoms with Crippen molar-refractivity contribution in [1.29, 1.82) is 0 Å². The maximum absolute atomic E-state index is 12.1. The standard InChI is InChI=1S/C7H5F3Se2/c8-7(9,10)5-2-1-3-6(4-5)12-11/h1-4,11H. The molecule has 66 valence electrons. The zero-order valence-corrected chi connectivity index (χ0v) is 9.39.